The molecule has 3 heterocycles. The molecule has 0 amide bonds. The molecule has 102 valence electrons. The first-order valence-corrected chi connectivity index (χ1v) is 6.68. The zero-order valence-electron chi connectivity index (χ0n) is 11.2. The van der Waals surface area contributed by atoms with E-state index in [0.717, 1.165) is 38.2 Å². The van der Waals surface area contributed by atoms with Gasteiger partial charge in [-0.3, -0.25) is 14.5 Å². The first-order valence-electron chi connectivity index (χ1n) is 6.68. The first kappa shape index (κ1) is 12.4. The molecule has 0 spiro atoms. The average Bonchev–Trinajstić information content (AvgIpc) is 2.74. The number of aromatic nitrogens is 3. The van der Waals surface area contributed by atoms with E-state index in [0.29, 0.717) is 12.2 Å². The van der Waals surface area contributed by atoms with Gasteiger partial charge in [0.15, 0.2) is 5.65 Å². The lowest BCUT2D eigenvalue weighted by Gasteiger charge is -2.32. The smallest absolute Gasteiger partial charge is 0.304 e. The highest BCUT2D eigenvalue weighted by Gasteiger charge is 2.14. The Morgan fingerprint density at radius 1 is 1.26 bits per heavy atom. The summed E-state index contributed by atoms with van der Waals surface area (Å²) in [6.45, 7) is 5.98. The number of fused-ring (bicyclic) bond motifs is 1. The highest BCUT2D eigenvalue weighted by molar-refractivity contribution is 5.70. The molecule has 3 rings (SSSR count). The Balaban J connectivity index is 1.72. The molecule has 0 atom stereocenters. The van der Waals surface area contributed by atoms with E-state index in [1.165, 1.54) is 0 Å². The van der Waals surface area contributed by atoms with E-state index in [4.69, 9.17) is 0 Å². The molecule has 0 unspecified atom stereocenters. The molecule has 0 saturated carbocycles. The number of piperazine rings is 1. The third-order valence-corrected chi connectivity index (χ3v) is 3.78. The van der Waals surface area contributed by atoms with Crippen molar-refractivity contribution in [2.45, 2.75) is 6.54 Å². The third-order valence-electron chi connectivity index (χ3n) is 3.78. The van der Waals surface area contributed by atoms with Crippen LogP contribution >= 0.6 is 0 Å². The van der Waals surface area contributed by atoms with Gasteiger partial charge in [-0.25, -0.2) is 9.78 Å². The Kier molecular flexibility index (Phi) is 3.35. The number of imidazole rings is 1. The fourth-order valence-corrected chi connectivity index (χ4v) is 2.52. The van der Waals surface area contributed by atoms with Crippen LogP contribution in [-0.2, 0) is 6.54 Å². The Morgan fingerprint density at radius 3 is 2.84 bits per heavy atom. The van der Waals surface area contributed by atoms with Crippen LogP contribution in [0, 0.1) is 0 Å². The minimum Gasteiger partial charge on any atom is -0.304 e. The van der Waals surface area contributed by atoms with Gasteiger partial charge in [0.2, 0.25) is 0 Å². The lowest BCUT2D eigenvalue weighted by molar-refractivity contribution is 0.150. The van der Waals surface area contributed by atoms with Crippen molar-refractivity contribution in [1.82, 2.24) is 24.3 Å². The maximum Gasteiger partial charge on any atom is 0.327 e. The first-order chi connectivity index (χ1) is 9.24. The summed E-state index contributed by atoms with van der Waals surface area (Å²) in [4.78, 5) is 23.6. The molecule has 19 heavy (non-hydrogen) atoms. The number of hydrogen-bond donors (Lipinski definition) is 1. The largest absolute Gasteiger partial charge is 0.327 e. The molecule has 0 bridgehead atoms. The summed E-state index contributed by atoms with van der Waals surface area (Å²) in [6.07, 6.45) is 1.70. The molecule has 6 nitrogen and oxygen atoms in total. The number of aromatic amines is 1. The number of rotatable bonds is 3. The summed E-state index contributed by atoms with van der Waals surface area (Å²) < 4.78 is 1.78. The molecule has 2 aromatic rings. The van der Waals surface area contributed by atoms with Gasteiger partial charge in [0.25, 0.3) is 0 Å². The quantitative estimate of drug-likeness (QED) is 0.843. The Bertz CT molecular complexity index is 609. The number of pyridine rings is 1. The summed E-state index contributed by atoms with van der Waals surface area (Å²) >= 11 is 0. The zero-order chi connectivity index (χ0) is 13.2. The second kappa shape index (κ2) is 5.14. The number of nitrogens with one attached hydrogen (secondary N) is 1. The SMILES string of the molecule is CN1CCN(CCn2c(=O)[nH]c3ncccc32)CC1. The van der Waals surface area contributed by atoms with Gasteiger partial charge in [-0.15, -0.1) is 0 Å². The second-order valence-corrected chi connectivity index (χ2v) is 5.10. The summed E-state index contributed by atoms with van der Waals surface area (Å²) in [5.41, 5.74) is 1.50. The Morgan fingerprint density at radius 2 is 2.05 bits per heavy atom. The molecule has 1 N–H and O–H groups in total. The fraction of sp³-hybridized carbons (Fsp3) is 0.538. The van der Waals surface area contributed by atoms with Gasteiger partial charge in [0.05, 0.1) is 5.52 Å². The van der Waals surface area contributed by atoms with Gasteiger partial charge >= 0.3 is 5.69 Å². The highest BCUT2D eigenvalue weighted by atomic mass is 16.1. The second-order valence-electron chi connectivity index (χ2n) is 5.10. The van der Waals surface area contributed by atoms with Gasteiger partial charge < -0.3 is 4.90 Å². The summed E-state index contributed by atoms with van der Waals surface area (Å²) in [7, 11) is 2.15. The van der Waals surface area contributed by atoms with Crippen LogP contribution < -0.4 is 5.69 Å². The van der Waals surface area contributed by atoms with Crippen LogP contribution in [-0.4, -0.2) is 64.1 Å². The van der Waals surface area contributed by atoms with Crippen molar-refractivity contribution in [3.05, 3.63) is 28.8 Å². The topological polar surface area (TPSA) is 57.2 Å². The molecule has 1 fully saturated rings. The highest BCUT2D eigenvalue weighted by Crippen LogP contribution is 2.06. The van der Waals surface area contributed by atoms with Crippen LogP contribution in [0.25, 0.3) is 11.2 Å². The summed E-state index contributed by atoms with van der Waals surface area (Å²) in [5.74, 6) is 0. The monoisotopic (exact) mass is 261 g/mol. The van der Waals surface area contributed by atoms with Crippen molar-refractivity contribution in [2.75, 3.05) is 39.8 Å². The van der Waals surface area contributed by atoms with Crippen molar-refractivity contribution >= 4 is 11.2 Å². The van der Waals surface area contributed by atoms with E-state index in [-0.39, 0.29) is 5.69 Å². The standard InChI is InChI=1S/C13H19N5O/c1-16-5-7-17(8-6-16)9-10-18-11-3-2-4-14-12(11)15-13(18)19/h2-4H,5-10H2,1H3,(H,14,15,19). The van der Waals surface area contributed by atoms with Crippen LogP contribution in [0.15, 0.2) is 23.1 Å². The summed E-state index contributed by atoms with van der Waals surface area (Å²) in [5, 5.41) is 0. The van der Waals surface area contributed by atoms with E-state index in [2.05, 4.69) is 26.8 Å². The maximum absolute atomic E-state index is 11.9. The van der Waals surface area contributed by atoms with Crippen LogP contribution in [0.2, 0.25) is 0 Å². The van der Waals surface area contributed by atoms with Crippen molar-refractivity contribution in [3.8, 4) is 0 Å². The van der Waals surface area contributed by atoms with E-state index in [1.54, 1.807) is 10.8 Å². The molecule has 1 saturated heterocycles. The Labute approximate surface area is 111 Å². The molecule has 0 aliphatic carbocycles. The van der Waals surface area contributed by atoms with Gasteiger partial charge in [0, 0.05) is 45.5 Å². The number of hydrogen-bond acceptors (Lipinski definition) is 4. The predicted molar refractivity (Wildman–Crippen MR) is 74.3 cm³/mol. The van der Waals surface area contributed by atoms with Gasteiger partial charge in [0.1, 0.15) is 0 Å². The number of nitrogens with zero attached hydrogens (tertiary/aromatic N) is 4. The lowest BCUT2D eigenvalue weighted by atomic mass is 10.3. The van der Waals surface area contributed by atoms with Crippen LogP contribution in [0.3, 0.4) is 0 Å². The molecule has 0 aromatic carbocycles. The van der Waals surface area contributed by atoms with Crippen molar-refractivity contribution < 1.29 is 0 Å². The van der Waals surface area contributed by atoms with Gasteiger partial charge in [-0.05, 0) is 19.2 Å². The molecule has 1 aliphatic heterocycles. The maximum atomic E-state index is 11.9. The van der Waals surface area contributed by atoms with E-state index < -0.39 is 0 Å². The predicted octanol–water partition coefficient (Wildman–Crippen LogP) is -0.0280. The molecular weight excluding hydrogens is 242 g/mol. The summed E-state index contributed by atoms with van der Waals surface area (Å²) in [6, 6.07) is 3.80. The van der Waals surface area contributed by atoms with Crippen molar-refractivity contribution in [2.24, 2.45) is 0 Å². The lowest BCUT2D eigenvalue weighted by Crippen LogP contribution is -2.45. The minimum absolute atomic E-state index is 0.0668. The minimum atomic E-state index is -0.0668. The van der Waals surface area contributed by atoms with Crippen LogP contribution in [0.5, 0.6) is 0 Å². The zero-order valence-corrected chi connectivity index (χ0v) is 11.2. The third kappa shape index (κ3) is 2.54. The van der Waals surface area contributed by atoms with E-state index >= 15 is 0 Å². The van der Waals surface area contributed by atoms with E-state index in [9.17, 15) is 4.79 Å². The molecule has 6 heteroatoms. The van der Waals surface area contributed by atoms with E-state index in [1.807, 2.05) is 12.1 Å². The molecule has 2 aromatic heterocycles. The molecule has 1 aliphatic rings. The van der Waals surface area contributed by atoms with Gasteiger partial charge in [-0.1, -0.05) is 0 Å². The van der Waals surface area contributed by atoms with Crippen LogP contribution in [0.1, 0.15) is 0 Å². The molecule has 0 radical (unpaired) electrons. The number of likely N-dealkylation sites (N-methyl/N-ethyl adjacent to an activating group) is 1. The van der Waals surface area contributed by atoms with Gasteiger partial charge in [-0.2, -0.15) is 0 Å². The normalized spacial score (nSPS) is 18.2. The van der Waals surface area contributed by atoms with Crippen LogP contribution in [0.4, 0.5) is 0 Å². The number of H-pyrrole nitrogens is 1. The Hall–Kier alpha value is -1.66. The van der Waals surface area contributed by atoms with Crippen molar-refractivity contribution in [1.29, 1.82) is 0 Å². The average molecular weight is 261 g/mol. The van der Waals surface area contributed by atoms with Crippen molar-refractivity contribution in [3.63, 3.8) is 0 Å². The fourth-order valence-electron chi connectivity index (χ4n) is 2.52. The molecular formula is C13H19N5O.